The molecule has 1 aliphatic rings. The minimum atomic E-state index is -3.68. The minimum Gasteiger partial charge on any atom is -0.484 e. The predicted octanol–water partition coefficient (Wildman–Crippen LogP) is 4.72. The van der Waals surface area contributed by atoms with Crippen molar-refractivity contribution in [1.82, 2.24) is 5.32 Å². The lowest BCUT2D eigenvalue weighted by atomic mass is 9.99. The average Bonchev–Trinajstić information content (AvgIpc) is 3.37. The van der Waals surface area contributed by atoms with Crippen LogP contribution >= 0.6 is 0 Å². The second-order valence-corrected chi connectivity index (χ2v) is 10.4. The van der Waals surface area contributed by atoms with Crippen molar-refractivity contribution < 1.29 is 17.9 Å². The lowest BCUT2D eigenvalue weighted by Crippen LogP contribution is -2.33. The van der Waals surface area contributed by atoms with Crippen LogP contribution in [0.4, 0.5) is 5.69 Å². The number of rotatable bonds is 8. The molecule has 0 fully saturated rings. The van der Waals surface area contributed by atoms with Gasteiger partial charge in [-0.25, -0.2) is 8.42 Å². The third-order valence-corrected chi connectivity index (χ3v) is 8.02. The number of carbonyl (C=O) groups is 1. The molecule has 0 unspecified atom stereocenters. The van der Waals surface area contributed by atoms with Crippen molar-refractivity contribution in [3.63, 3.8) is 0 Å². The van der Waals surface area contributed by atoms with Gasteiger partial charge in [-0.3, -0.25) is 9.10 Å². The zero-order valence-corrected chi connectivity index (χ0v) is 20.4. The molecule has 182 valence electrons. The van der Waals surface area contributed by atoms with Gasteiger partial charge in [0, 0.05) is 6.54 Å². The van der Waals surface area contributed by atoms with Gasteiger partial charge in [-0.1, -0.05) is 78.9 Å². The summed E-state index contributed by atoms with van der Waals surface area (Å²) in [5, 5.41) is 3.04. The highest BCUT2D eigenvalue weighted by Gasteiger charge is 2.30. The van der Waals surface area contributed by atoms with Crippen molar-refractivity contribution in [2.45, 2.75) is 17.4 Å². The Morgan fingerprint density at radius 3 is 2.03 bits per heavy atom. The zero-order chi connectivity index (χ0) is 25.0. The quantitative estimate of drug-likeness (QED) is 0.381. The smallest absolute Gasteiger partial charge is 0.264 e. The first-order valence-corrected chi connectivity index (χ1v) is 13.2. The molecule has 0 saturated carbocycles. The summed E-state index contributed by atoms with van der Waals surface area (Å²) in [6.07, 6.45) is 0.693. The Balaban J connectivity index is 1.24. The fourth-order valence-corrected chi connectivity index (χ4v) is 5.90. The molecule has 0 spiro atoms. The summed E-state index contributed by atoms with van der Waals surface area (Å²) in [5.74, 6) is 0.139. The van der Waals surface area contributed by atoms with E-state index in [-0.39, 0.29) is 23.5 Å². The Bertz CT molecular complexity index is 1400. The number of anilines is 1. The van der Waals surface area contributed by atoms with Crippen LogP contribution in [-0.2, 0) is 21.2 Å². The van der Waals surface area contributed by atoms with E-state index in [9.17, 15) is 13.2 Å². The van der Waals surface area contributed by atoms with Gasteiger partial charge in [0.1, 0.15) is 5.75 Å². The summed E-state index contributed by atoms with van der Waals surface area (Å²) in [4.78, 5) is 12.9. The fraction of sp³-hybridized carbons (Fsp3) is 0.138. The minimum absolute atomic E-state index is 0.184. The van der Waals surface area contributed by atoms with Crippen molar-refractivity contribution in [2.75, 3.05) is 17.5 Å². The molecule has 4 aromatic carbocycles. The van der Waals surface area contributed by atoms with Crippen LogP contribution in [0, 0.1) is 0 Å². The third-order valence-electron chi connectivity index (χ3n) is 6.20. The molecule has 1 aliphatic heterocycles. The lowest BCUT2D eigenvalue weighted by molar-refractivity contribution is -0.123. The number of carbonyl (C=O) groups excluding carboxylic acids is 1. The van der Waals surface area contributed by atoms with Gasteiger partial charge in [0.25, 0.3) is 15.9 Å². The molecule has 0 radical (unpaired) electrons. The standard InChI is InChI=1S/C29H26N2O4S/c32-28(30-29(23-10-3-1-4-11-23)24-12-5-2-6-13-24)21-35-25-15-17-26(18-16-25)36(33,34)31-20-19-22-9-7-8-14-27(22)31/h1-18,29H,19-21H2,(H,30,32). The Kier molecular flexibility index (Phi) is 6.73. The van der Waals surface area contributed by atoms with Crippen LogP contribution < -0.4 is 14.4 Å². The van der Waals surface area contributed by atoms with Crippen molar-refractivity contribution in [2.24, 2.45) is 0 Å². The van der Waals surface area contributed by atoms with Gasteiger partial charge in [0.15, 0.2) is 6.61 Å². The molecule has 0 saturated heterocycles. The average molecular weight is 499 g/mol. The fourth-order valence-electron chi connectivity index (χ4n) is 4.39. The number of fused-ring (bicyclic) bond motifs is 1. The van der Waals surface area contributed by atoms with Gasteiger partial charge in [-0.15, -0.1) is 0 Å². The lowest BCUT2D eigenvalue weighted by Gasteiger charge is -2.20. The number of nitrogens with one attached hydrogen (secondary N) is 1. The highest BCUT2D eigenvalue weighted by Crippen LogP contribution is 2.33. The highest BCUT2D eigenvalue weighted by molar-refractivity contribution is 7.92. The van der Waals surface area contributed by atoms with E-state index in [0.717, 1.165) is 22.4 Å². The number of benzene rings is 4. The van der Waals surface area contributed by atoms with Gasteiger partial charge >= 0.3 is 0 Å². The predicted molar refractivity (Wildman–Crippen MR) is 139 cm³/mol. The number of hydrogen-bond donors (Lipinski definition) is 1. The number of para-hydroxylation sites is 1. The first-order valence-electron chi connectivity index (χ1n) is 11.8. The van der Waals surface area contributed by atoms with Crippen LogP contribution in [0.5, 0.6) is 5.75 Å². The number of amides is 1. The summed E-state index contributed by atoms with van der Waals surface area (Å²) in [7, 11) is -3.68. The summed E-state index contributed by atoms with van der Waals surface area (Å²) >= 11 is 0. The molecule has 4 aromatic rings. The topological polar surface area (TPSA) is 75.7 Å². The third kappa shape index (κ3) is 4.97. The number of ether oxygens (including phenoxy) is 1. The van der Waals surface area contributed by atoms with Gasteiger partial charge in [0.2, 0.25) is 0 Å². The van der Waals surface area contributed by atoms with E-state index >= 15 is 0 Å². The van der Waals surface area contributed by atoms with Crippen LogP contribution in [0.15, 0.2) is 114 Å². The molecular formula is C29H26N2O4S. The van der Waals surface area contributed by atoms with E-state index in [1.54, 1.807) is 12.1 Å². The maximum atomic E-state index is 13.2. The first-order chi connectivity index (χ1) is 17.5. The van der Waals surface area contributed by atoms with E-state index in [0.29, 0.717) is 18.7 Å². The van der Waals surface area contributed by atoms with E-state index in [1.165, 1.54) is 16.4 Å². The van der Waals surface area contributed by atoms with E-state index < -0.39 is 10.0 Å². The maximum absolute atomic E-state index is 13.2. The monoisotopic (exact) mass is 498 g/mol. The summed E-state index contributed by atoms with van der Waals surface area (Å²) < 4.78 is 33.5. The van der Waals surface area contributed by atoms with Crippen LogP contribution in [0.2, 0.25) is 0 Å². The van der Waals surface area contributed by atoms with Crippen LogP contribution in [0.25, 0.3) is 0 Å². The maximum Gasteiger partial charge on any atom is 0.264 e. The van der Waals surface area contributed by atoms with Crippen molar-refractivity contribution in [1.29, 1.82) is 0 Å². The summed E-state index contributed by atoms with van der Waals surface area (Å²) in [6.45, 7) is 0.228. The van der Waals surface area contributed by atoms with Crippen molar-refractivity contribution in [3.05, 3.63) is 126 Å². The van der Waals surface area contributed by atoms with Crippen LogP contribution in [-0.4, -0.2) is 27.5 Å². The molecule has 6 nitrogen and oxygen atoms in total. The van der Waals surface area contributed by atoms with E-state index in [1.807, 2.05) is 84.9 Å². The Morgan fingerprint density at radius 1 is 0.806 bits per heavy atom. The van der Waals surface area contributed by atoms with Gasteiger partial charge in [-0.05, 0) is 53.4 Å². The number of nitrogens with zero attached hydrogens (tertiary/aromatic N) is 1. The van der Waals surface area contributed by atoms with Gasteiger partial charge < -0.3 is 10.1 Å². The van der Waals surface area contributed by atoms with Crippen molar-refractivity contribution >= 4 is 21.6 Å². The van der Waals surface area contributed by atoms with E-state index in [4.69, 9.17) is 4.74 Å². The van der Waals surface area contributed by atoms with Crippen molar-refractivity contribution in [3.8, 4) is 5.75 Å². The first kappa shape index (κ1) is 23.6. The molecule has 7 heteroatoms. The van der Waals surface area contributed by atoms with E-state index in [2.05, 4.69) is 5.32 Å². The molecule has 5 rings (SSSR count). The second kappa shape index (κ2) is 10.3. The van der Waals surface area contributed by atoms with Gasteiger partial charge in [-0.2, -0.15) is 0 Å². The number of sulfonamides is 1. The molecule has 1 heterocycles. The molecule has 0 atom stereocenters. The molecule has 0 bridgehead atoms. The Morgan fingerprint density at radius 2 is 1.39 bits per heavy atom. The van der Waals surface area contributed by atoms with Crippen LogP contribution in [0.3, 0.4) is 0 Å². The number of hydrogen-bond acceptors (Lipinski definition) is 4. The SMILES string of the molecule is O=C(COc1ccc(S(=O)(=O)N2CCc3ccccc32)cc1)NC(c1ccccc1)c1ccccc1. The Labute approximate surface area is 211 Å². The largest absolute Gasteiger partial charge is 0.484 e. The molecule has 0 aromatic heterocycles. The summed E-state index contributed by atoms with van der Waals surface area (Å²) in [5.41, 5.74) is 3.68. The van der Waals surface area contributed by atoms with Crippen LogP contribution in [0.1, 0.15) is 22.7 Å². The zero-order valence-electron chi connectivity index (χ0n) is 19.6. The molecule has 36 heavy (non-hydrogen) atoms. The van der Waals surface area contributed by atoms with Gasteiger partial charge in [0.05, 0.1) is 16.6 Å². The molecule has 0 aliphatic carbocycles. The normalized spacial score (nSPS) is 12.9. The Hall–Kier alpha value is -4.10. The summed E-state index contributed by atoms with van der Waals surface area (Å²) in [6, 6.07) is 32.9. The molecular weight excluding hydrogens is 472 g/mol. The molecule has 1 amide bonds. The molecule has 1 N–H and O–H groups in total. The highest BCUT2D eigenvalue weighted by atomic mass is 32.2. The second-order valence-electron chi connectivity index (χ2n) is 8.54.